The van der Waals surface area contributed by atoms with Gasteiger partial charge in [0, 0.05) is 12.3 Å². The minimum atomic E-state index is -0.560. The Labute approximate surface area is 193 Å². The maximum atomic E-state index is 12.9. The van der Waals surface area contributed by atoms with Gasteiger partial charge in [-0.05, 0) is 29.5 Å². The quantitative estimate of drug-likeness (QED) is 0.496. The molecule has 0 saturated carbocycles. The third kappa shape index (κ3) is 4.15. The van der Waals surface area contributed by atoms with Crippen molar-refractivity contribution in [2.24, 2.45) is 0 Å². The van der Waals surface area contributed by atoms with Crippen LogP contribution in [0.3, 0.4) is 0 Å². The molecule has 3 aromatic rings. The van der Waals surface area contributed by atoms with Gasteiger partial charge in [-0.25, -0.2) is 4.79 Å². The van der Waals surface area contributed by atoms with Crippen molar-refractivity contribution in [1.29, 1.82) is 0 Å². The standard InChI is InChI=1S/C27H27NO3S/c29-26(30-19-21-11-4-1-5-12-21)28-18-10-17-24(28)25-20-32-27(31-25,22-13-6-2-7-14-22)23-15-8-3-9-16-23/h1-9,11-16,24-25H,10,17-20H2/t24-,25+/m1/s1. The van der Waals surface area contributed by atoms with Gasteiger partial charge in [0.05, 0.1) is 12.1 Å². The molecule has 0 spiro atoms. The molecule has 0 radical (unpaired) electrons. The highest BCUT2D eigenvalue weighted by atomic mass is 32.2. The lowest BCUT2D eigenvalue weighted by atomic mass is 10.00. The number of carbonyl (C=O) groups excluding carboxylic acids is 1. The maximum Gasteiger partial charge on any atom is 0.410 e. The number of rotatable bonds is 5. The molecule has 2 fully saturated rings. The van der Waals surface area contributed by atoms with Crippen LogP contribution in [-0.4, -0.2) is 35.4 Å². The van der Waals surface area contributed by atoms with Gasteiger partial charge < -0.3 is 14.4 Å². The third-order valence-electron chi connectivity index (χ3n) is 6.24. The topological polar surface area (TPSA) is 38.8 Å². The minimum absolute atomic E-state index is 0.0278. The van der Waals surface area contributed by atoms with E-state index in [2.05, 4.69) is 48.5 Å². The van der Waals surface area contributed by atoms with Crippen molar-refractivity contribution in [2.45, 2.75) is 36.5 Å². The molecule has 0 unspecified atom stereocenters. The first-order chi connectivity index (χ1) is 15.8. The molecule has 5 heteroatoms. The Bertz CT molecular complexity index is 989. The summed E-state index contributed by atoms with van der Waals surface area (Å²) in [5.74, 6) is 0.830. The Kier molecular flexibility index (Phi) is 6.19. The molecule has 4 nitrogen and oxygen atoms in total. The highest BCUT2D eigenvalue weighted by molar-refractivity contribution is 8.00. The van der Waals surface area contributed by atoms with Crippen LogP contribution in [0.25, 0.3) is 0 Å². The second-order valence-corrected chi connectivity index (χ2v) is 9.46. The molecule has 32 heavy (non-hydrogen) atoms. The second-order valence-electron chi connectivity index (χ2n) is 8.26. The Morgan fingerprint density at radius 3 is 2.16 bits per heavy atom. The zero-order chi connectivity index (χ0) is 21.8. The lowest BCUT2D eigenvalue weighted by molar-refractivity contribution is -0.0262. The number of thioether (sulfide) groups is 1. The molecule has 0 bridgehead atoms. The van der Waals surface area contributed by atoms with E-state index in [0.29, 0.717) is 13.2 Å². The molecule has 2 heterocycles. The van der Waals surface area contributed by atoms with Gasteiger partial charge in [0.1, 0.15) is 6.61 Å². The van der Waals surface area contributed by atoms with Crippen LogP contribution in [0.4, 0.5) is 4.79 Å². The van der Waals surface area contributed by atoms with Crippen LogP contribution in [0.15, 0.2) is 91.0 Å². The van der Waals surface area contributed by atoms with E-state index >= 15 is 0 Å². The van der Waals surface area contributed by atoms with E-state index in [-0.39, 0.29) is 18.2 Å². The lowest BCUT2D eigenvalue weighted by Gasteiger charge is -2.33. The highest BCUT2D eigenvalue weighted by Crippen LogP contribution is 2.51. The largest absolute Gasteiger partial charge is 0.445 e. The Balaban J connectivity index is 1.34. The highest BCUT2D eigenvalue weighted by Gasteiger charge is 2.49. The van der Waals surface area contributed by atoms with Crippen LogP contribution in [0.2, 0.25) is 0 Å². The Morgan fingerprint density at radius 1 is 0.938 bits per heavy atom. The van der Waals surface area contributed by atoms with Gasteiger partial charge in [-0.2, -0.15) is 0 Å². The number of nitrogens with zero attached hydrogens (tertiary/aromatic N) is 1. The summed E-state index contributed by atoms with van der Waals surface area (Å²) < 4.78 is 12.5. The lowest BCUT2D eigenvalue weighted by Crippen LogP contribution is -2.44. The van der Waals surface area contributed by atoms with E-state index in [9.17, 15) is 4.79 Å². The van der Waals surface area contributed by atoms with E-state index in [1.165, 1.54) is 0 Å². The van der Waals surface area contributed by atoms with Crippen LogP contribution in [0.1, 0.15) is 29.5 Å². The van der Waals surface area contributed by atoms with E-state index in [4.69, 9.17) is 9.47 Å². The number of benzene rings is 3. The molecular weight excluding hydrogens is 418 g/mol. The van der Waals surface area contributed by atoms with Crippen LogP contribution < -0.4 is 0 Å². The molecular formula is C27H27NO3S. The van der Waals surface area contributed by atoms with Crippen molar-refractivity contribution in [3.05, 3.63) is 108 Å². The summed E-state index contributed by atoms with van der Waals surface area (Å²) in [6, 6.07) is 30.6. The predicted octanol–water partition coefficient (Wildman–Crippen LogP) is 5.82. The number of hydrogen-bond acceptors (Lipinski definition) is 4. The van der Waals surface area contributed by atoms with Crippen molar-refractivity contribution >= 4 is 17.9 Å². The molecule has 2 saturated heterocycles. The van der Waals surface area contributed by atoms with Crippen LogP contribution in [-0.2, 0) is 21.0 Å². The van der Waals surface area contributed by atoms with Crippen molar-refractivity contribution in [2.75, 3.05) is 12.3 Å². The number of amides is 1. The molecule has 164 valence electrons. The van der Waals surface area contributed by atoms with Gasteiger partial charge in [0.2, 0.25) is 0 Å². The Morgan fingerprint density at radius 2 is 1.53 bits per heavy atom. The summed E-state index contributed by atoms with van der Waals surface area (Å²) in [5, 5.41) is 0. The van der Waals surface area contributed by atoms with Crippen molar-refractivity contribution in [3.63, 3.8) is 0 Å². The van der Waals surface area contributed by atoms with Crippen LogP contribution >= 0.6 is 11.8 Å². The summed E-state index contributed by atoms with van der Waals surface area (Å²) in [4.78, 5) is 14.2. The molecule has 1 amide bonds. The number of likely N-dealkylation sites (tertiary alicyclic amines) is 1. The first-order valence-corrected chi connectivity index (χ1v) is 12.1. The fourth-order valence-electron chi connectivity index (χ4n) is 4.66. The molecule has 2 atom stereocenters. The van der Waals surface area contributed by atoms with Gasteiger partial charge in [-0.3, -0.25) is 0 Å². The number of carbonyl (C=O) groups is 1. The summed E-state index contributed by atoms with van der Waals surface area (Å²) in [7, 11) is 0. The first kappa shape index (κ1) is 21.1. The zero-order valence-electron chi connectivity index (χ0n) is 17.9. The van der Waals surface area contributed by atoms with E-state index in [1.807, 2.05) is 59.1 Å². The zero-order valence-corrected chi connectivity index (χ0v) is 18.7. The molecule has 0 aromatic heterocycles. The molecule has 2 aliphatic rings. The second kappa shape index (κ2) is 9.39. The fraction of sp³-hybridized carbons (Fsp3) is 0.296. The monoisotopic (exact) mass is 445 g/mol. The normalized spacial score (nSPS) is 22.1. The third-order valence-corrected chi connectivity index (χ3v) is 7.71. The van der Waals surface area contributed by atoms with Gasteiger partial charge >= 0.3 is 6.09 Å². The molecule has 0 N–H and O–H groups in total. The van der Waals surface area contributed by atoms with E-state index in [1.54, 1.807) is 0 Å². The van der Waals surface area contributed by atoms with Crippen molar-refractivity contribution in [1.82, 2.24) is 4.90 Å². The molecule has 5 rings (SSSR count). The van der Waals surface area contributed by atoms with Crippen molar-refractivity contribution in [3.8, 4) is 0 Å². The molecule has 0 aliphatic carbocycles. The SMILES string of the molecule is O=C(OCc1ccccc1)N1CCC[C@@H]1[C@@H]1CSC(c2ccccc2)(c2ccccc2)O1. The maximum absolute atomic E-state index is 12.9. The summed E-state index contributed by atoms with van der Waals surface area (Å²) >= 11 is 1.81. The molecule has 2 aliphatic heterocycles. The summed E-state index contributed by atoms with van der Waals surface area (Å²) in [6.07, 6.45) is 1.61. The van der Waals surface area contributed by atoms with Gasteiger partial charge in [0.15, 0.2) is 4.93 Å². The number of ether oxygens (including phenoxy) is 2. The predicted molar refractivity (Wildman–Crippen MR) is 127 cm³/mol. The average Bonchev–Trinajstić information content (AvgIpc) is 3.53. The summed E-state index contributed by atoms with van der Waals surface area (Å²) in [5.41, 5.74) is 3.27. The van der Waals surface area contributed by atoms with Crippen LogP contribution in [0, 0.1) is 0 Å². The van der Waals surface area contributed by atoms with Gasteiger partial charge in [0.25, 0.3) is 0 Å². The van der Waals surface area contributed by atoms with Crippen LogP contribution in [0.5, 0.6) is 0 Å². The molecule has 3 aromatic carbocycles. The van der Waals surface area contributed by atoms with Gasteiger partial charge in [-0.15, -0.1) is 11.8 Å². The van der Waals surface area contributed by atoms with Gasteiger partial charge in [-0.1, -0.05) is 91.0 Å². The Hall–Kier alpha value is -2.76. The smallest absolute Gasteiger partial charge is 0.410 e. The van der Waals surface area contributed by atoms with E-state index < -0.39 is 4.93 Å². The summed E-state index contributed by atoms with van der Waals surface area (Å²) in [6.45, 7) is 1.01. The van der Waals surface area contributed by atoms with Crippen molar-refractivity contribution < 1.29 is 14.3 Å². The first-order valence-electron chi connectivity index (χ1n) is 11.2. The number of hydrogen-bond donors (Lipinski definition) is 0. The fourth-order valence-corrected chi connectivity index (χ4v) is 6.15. The minimum Gasteiger partial charge on any atom is -0.445 e. The van der Waals surface area contributed by atoms with E-state index in [0.717, 1.165) is 35.3 Å². The average molecular weight is 446 g/mol.